The molecule has 1 fully saturated rings. The Kier molecular flexibility index (Phi) is 4.71. The van der Waals surface area contributed by atoms with Gasteiger partial charge in [-0.25, -0.2) is 17.7 Å². The van der Waals surface area contributed by atoms with Gasteiger partial charge >= 0.3 is 0 Å². The number of rotatable bonds is 5. The molecule has 0 radical (unpaired) electrons. The molecule has 0 aliphatic heterocycles. The van der Waals surface area contributed by atoms with Crippen molar-refractivity contribution in [2.45, 2.75) is 37.5 Å². The first-order valence-electron chi connectivity index (χ1n) is 9.42. The predicted octanol–water partition coefficient (Wildman–Crippen LogP) is 3.82. The summed E-state index contributed by atoms with van der Waals surface area (Å²) in [6, 6.07) is 8.42. The van der Waals surface area contributed by atoms with Crippen molar-refractivity contribution in [3.05, 3.63) is 52.9 Å². The van der Waals surface area contributed by atoms with E-state index in [1.165, 1.54) is 20.2 Å². The fourth-order valence-electron chi connectivity index (χ4n) is 3.15. The van der Waals surface area contributed by atoms with Gasteiger partial charge in [0.1, 0.15) is 5.52 Å². The number of nitrogens with one attached hydrogen (secondary N) is 1. The third kappa shape index (κ3) is 3.65. The van der Waals surface area contributed by atoms with Gasteiger partial charge in [-0.2, -0.15) is 0 Å². The number of hydrogen-bond acceptors (Lipinski definition) is 5. The second-order valence-corrected chi connectivity index (χ2v) is 9.79. The summed E-state index contributed by atoms with van der Waals surface area (Å²) in [5.74, 6) is 0.776. The predicted molar refractivity (Wildman–Crippen MR) is 111 cm³/mol. The number of oxazole rings is 1. The van der Waals surface area contributed by atoms with Crippen molar-refractivity contribution in [2.24, 2.45) is 0 Å². The van der Waals surface area contributed by atoms with Gasteiger partial charge in [0.2, 0.25) is 10.0 Å². The van der Waals surface area contributed by atoms with E-state index in [9.17, 15) is 13.2 Å². The van der Waals surface area contributed by atoms with Gasteiger partial charge in [-0.3, -0.25) is 4.79 Å². The van der Waals surface area contributed by atoms with Crippen LogP contribution in [-0.4, -0.2) is 37.7 Å². The van der Waals surface area contributed by atoms with E-state index in [1.54, 1.807) is 38.1 Å². The van der Waals surface area contributed by atoms with Gasteiger partial charge in [0.25, 0.3) is 5.91 Å². The Morgan fingerprint density at radius 2 is 1.90 bits per heavy atom. The maximum atomic E-state index is 12.8. The summed E-state index contributed by atoms with van der Waals surface area (Å²) < 4.78 is 32.1. The molecule has 152 valence electrons. The highest BCUT2D eigenvalue weighted by molar-refractivity contribution is 7.89. The topological polar surface area (TPSA) is 92.5 Å². The maximum absolute atomic E-state index is 12.8. The van der Waals surface area contributed by atoms with E-state index in [0.29, 0.717) is 28.3 Å². The molecule has 0 atom stereocenters. The Labute approximate surface area is 169 Å². The van der Waals surface area contributed by atoms with E-state index >= 15 is 0 Å². The monoisotopic (exact) mass is 413 g/mol. The lowest BCUT2D eigenvalue weighted by atomic mass is 10.1. The minimum absolute atomic E-state index is 0.133. The fraction of sp³-hybridized carbons (Fsp3) is 0.333. The smallest absolute Gasteiger partial charge is 0.255 e. The molecule has 2 aromatic carbocycles. The van der Waals surface area contributed by atoms with E-state index in [-0.39, 0.29) is 16.4 Å². The normalized spacial score (nSPS) is 14.5. The lowest BCUT2D eigenvalue weighted by Gasteiger charge is -2.16. The molecule has 29 heavy (non-hydrogen) atoms. The molecule has 1 heterocycles. The molecule has 7 nitrogen and oxygen atoms in total. The molecular weight excluding hydrogens is 390 g/mol. The molecule has 0 unspecified atom stereocenters. The first-order chi connectivity index (χ1) is 13.7. The molecule has 0 bridgehead atoms. The molecule has 0 saturated heterocycles. The third-order valence-electron chi connectivity index (χ3n) is 5.23. The van der Waals surface area contributed by atoms with Gasteiger partial charge < -0.3 is 9.73 Å². The highest BCUT2D eigenvalue weighted by Gasteiger charge is 2.29. The first-order valence-corrected chi connectivity index (χ1v) is 10.9. The third-order valence-corrected chi connectivity index (χ3v) is 7.17. The molecule has 4 rings (SSSR count). The number of fused-ring (bicyclic) bond motifs is 1. The molecule has 1 aliphatic rings. The van der Waals surface area contributed by atoms with Crippen LogP contribution in [0, 0.1) is 13.8 Å². The van der Waals surface area contributed by atoms with E-state index < -0.39 is 10.0 Å². The van der Waals surface area contributed by atoms with Crippen molar-refractivity contribution in [2.75, 3.05) is 19.4 Å². The number of nitrogens with zero attached hydrogens (tertiary/aromatic N) is 2. The molecule has 1 saturated carbocycles. The first kappa shape index (κ1) is 19.6. The summed E-state index contributed by atoms with van der Waals surface area (Å²) in [6.07, 6.45) is 2.20. The molecule has 1 aromatic heterocycles. The largest absolute Gasteiger partial charge is 0.440 e. The van der Waals surface area contributed by atoms with Crippen LogP contribution >= 0.6 is 0 Å². The summed E-state index contributed by atoms with van der Waals surface area (Å²) in [4.78, 5) is 17.5. The summed E-state index contributed by atoms with van der Waals surface area (Å²) in [5, 5.41) is 2.83. The number of carbonyl (C=O) groups is 1. The van der Waals surface area contributed by atoms with Crippen molar-refractivity contribution in [3.8, 4) is 0 Å². The van der Waals surface area contributed by atoms with Crippen molar-refractivity contribution in [1.29, 1.82) is 0 Å². The van der Waals surface area contributed by atoms with Gasteiger partial charge in [-0.1, -0.05) is 0 Å². The van der Waals surface area contributed by atoms with Gasteiger partial charge in [0.15, 0.2) is 11.5 Å². The zero-order valence-electron chi connectivity index (χ0n) is 16.8. The maximum Gasteiger partial charge on any atom is 0.255 e. The van der Waals surface area contributed by atoms with Crippen LogP contribution in [0.4, 0.5) is 5.69 Å². The zero-order valence-corrected chi connectivity index (χ0v) is 17.6. The quantitative estimate of drug-likeness (QED) is 0.686. The van der Waals surface area contributed by atoms with Gasteiger partial charge in [0.05, 0.1) is 4.90 Å². The molecule has 8 heteroatoms. The Hall–Kier alpha value is -2.71. The fourth-order valence-corrected chi connectivity index (χ4v) is 4.37. The number of carbonyl (C=O) groups excluding carboxylic acids is 1. The van der Waals surface area contributed by atoms with Crippen LogP contribution in [0.2, 0.25) is 0 Å². The highest BCUT2D eigenvalue weighted by atomic mass is 32.2. The lowest BCUT2D eigenvalue weighted by molar-refractivity contribution is 0.102. The molecule has 0 spiro atoms. The summed E-state index contributed by atoms with van der Waals surface area (Å²) in [7, 11) is -0.712. The average molecular weight is 413 g/mol. The SMILES string of the molecule is Cc1cc(C(=O)Nc2ccc3oc(C4CC4)nc3c2)cc(S(=O)(=O)N(C)C)c1C. The van der Waals surface area contributed by atoms with Gasteiger partial charge in [0, 0.05) is 31.3 Å². The summed E-state index contributed by atoms with van der Waals surface area (Å²) in [6.45, 7) is 3.53. The Morgan fingerprint density at radius 3 is 2.55 bits per heavy atom. The van der Waals surface area contributed by atoms with Crippen LogP contribution < -0.4 is 5.32 Å². The minimum Gasteiger partial charge on any atom is -0.440 e. The summed E-state index contributed by atoms with van der Waals surface area (Å²) in [5.41, 5.74) is 3.61. The lowest BCUT2D eigenvalue weighted by Crippen LogP contribution is -2.24. The van der Waals surface area contributed by atoms with Crippen LogP contribution in [-0.2, 0) is 10.0 Å². The minimum atomic E-state index is -3.66. The average Bonchev–Trinajstić information content (AvgIpc) is 3.43. The molecular formula is C21H23N3O4S. The molecule has 1 aliphatic carbocycles. The van der Waals surface area contributed by atoms with E-state index in [0.717, 1.165) is 28.6 Å². The number of sulfonamides is 1. The van der Waals surface area contributed by atoms with Crippen LogP contribution in [0.1, 0.15) is 46.1 Å². The van der Waals surface area contributed by atoms with Gasteiger partial charge in [-0.05, 0) is 68.1 Å². The van der Waals surface area contributed by atoms with Crippen molar-refractivity contribution in [1.82, 2.24) is 9.29 Å². The van der Waals surface area contributed by atoms with E-state index in [1.807, 2.05) is 0 Å². The van der Waals surface area contributed by atoms with Crippen molar-refractivity contribution in [3.63, 3.8) is 0 Å². The van der Waals surface area contributed by atoms with Crippen molar-refractivity contribution < 1.29 is 17.6 Å². The number of aromatic nitrogens is 1. The number of aryl methyl sites for hydroxylation is 1. The Balaban J connectivity index is 1.64. The number of benzene rings is 2. The number of hydrogen-bond donors (Lipinski definition) is 1. The zero-order chi connectivity index (χ0) is 20.9. The molecule has 3 aromatic rings. The van der Waals surface area contributed by atoms with E-state index in [4.69, 9.17) is 4.42 Å². The van der Waals surface area contributed by atoms with Crippen LogP contribution in [0.5, 0.6) is 0 Å². The van der Waals surface area contributed by atoms with Crippen LogP contribution in [0.25, 0.3) is 11.1 Å². The number of anilines is 1. The van der Waals surface area contributed by atoms with Crippen LogP contribution in [0.3, 0.4) is 0 Å². The second kappa shape index (κ2) is 6.96. The summed E-state index contributed by atoms with van der Waals surface area (Å²) >= 11 is 0. The standard InChI is InChI=1S/C21H23N3O4S/c1-12-9-15(10-19(13(12)2)29(26,27)24(3)4)20(25)22-16-7-8-18-17(11-16)23-21(28-18)14-5-6-14/h7-11,14H,5-6H2,1-4H3,(H,22,25). The van der Waals surface area contributed by atoms with Crippen LogP contribution in [0.15, 0.2) is 39.6 Å². The van der Waals surface area contributed by atoms with E-state index in [2.05, 4.69) is 10.3 Å². The number of amides is 1. The molecule has 1 amide bonds. The second-order valence-electron chi connectivity index (χ2n) is 7.67. The Morgan fingerprint density at radius 1 is 1.17 bits per heavy atom. The highest BCUT2D eigenvalue weighted by Crippen LogP contribution is 2.40. The van der Waals surface area contributed by atoms with Gasteiger partial charge in [-0.15, -0.1) is 0 Å². The Bertz CT molecular complexity index is 1220. The van der Waals surface area contributed by atoms with Crippen molar-refractivity contribution >= 4 is 32.7 Å². The molecule has 1 N–H and O–H groups in total.